The molecule has 0 aliphatic heterocycles. The number of rotatable bonds is 4. The van der Waals surface area contributed by atoms with Crippen molar-refractivity contribution in [1.29, 1.82) is 0 Å². The number of halogens is 3. The molecule has 0 radical (unpaired) electrons. The van der Waals surface area contributed by atoms with E-state index in [1.807, 2.05) is 11.6 Å². The van der Waals surface area contributed by atoms with E-state index in [1.54, 1.807) is 0 Å². The molecule has 0 bridgehead atoms. The maximum absolute atomic E-state index is 13.6. The molecule has 2 aromatic rings. The Kier molecular flexibility index (Phi) is 5.10. The van der Waals surface area contributed by atoms with Gasteiger partial charge in [-0.3, -0.25) is 0 Å². The van der Waals surface area contributed by atoms with Crippen LogP contribution in [0.15, 0.2) is 18.5 Å². The van der Waals surface area contributed by atoms with Crippen LogP contribution in [0.25, 0.3) is 0 Å². The molecule has 0 unspecified atom stereocenters. The summed E-state index contributed by atoms with van der Waals surface area (Å²) in [5.74, 6) is 0.331. The Morgan fingerprint density at radius 3 is 2.59 bits per heavy atom. The Hall–Kier alpha value is -1.17. The van der Waals surface area contributed by atoms with Crippen molar-refractivity contribution >= 4 is 23.2 Å². The SMILES string of the molecule is C[C@@H](NCc1ncnn1C(C)(C)C)c1cc(F)c(Cl)cc1Cl. The van der Waals surface area contributed by atoms with Crippen LogP contribution >= 0.6 is 23.2 Å². The van der Waals surface area contributed by atoms with Crippen LogP contribution in [0.1, 0.15) is 45.1 Å². The van der Waals surface area contributed by atoms with Crippen LogP contribution in [0.5, 0.6) is 0 Å². The Morgan fingerprint density at radius 1 is 1.27 bits per heavy atom. The van der Waals surface area contributed by atoms with E-state index < -0.39 is 5.82 Å². The number of benzene rings is 1. The number of nitrogens with one attached hydrogen (secondary N) is 1. The number of hydrogen-bond donors (Lipinski definition) is 1. The highest BCUT2D eigenvalue weighted by molar-refractivity contribution is 6.35. The van der Waals surface area contributed by atoms with Gasteiger partial charge in [0.15, 0.2) is 0 Å². The van der Waals surface area contributed by atoms with Gasteiger partial charge in [0.25, 0.3) is 0 Å². The number of hydrogen-bond acceptors (Lipinski definition) is 3. The first kappa shape index (κ1) is 17.2. The Balaban J connectivity index is 2.13. The summed E-state index contributed by atoms with van der Waals surface area (Å²) in [6, 6.07) is 2.63. The molecule has 0 spiro atoms. The highest BCUT2D eigenvalue weighted by atomic mass is 35.5. The lowest BCUT2D eigenvalue weighted by atomic mass is 10.1. The molecule has 0 saturated heterocycles. The van der Waals surface area contributed by atoms with Crippen LogP contribution in [0, 0.1) is 5.82 Å². The molecule has 0 fully saturated rings. The first-order valence-electron chi connectivity index (χ1n) is 6.97. The molecule has 1 aromatic heterocycles. The van der Waals surface area contributed by atoms with Crippen LogP contribution in [-0.4, -0.2) is 14.8 Å². The van der Waals surface area contributed by atoms with E-state index in [2.05, 4.69) is 36.2 Å². The quantitative estimate of drug-likeness (QED) is 0.839. The van der Waals surface area contributed by atoms with Gasteiger partial charge in [0.2, 0.25) is 0 Å². The molecule has 0 amide bonds. The third kappa shape index (κ3) is 3.77. The molecule has 0 saturated carbocycles. The monoisotopic (exact) mass is 344 g/mol. The molecule has 1 atom stereocenters. The summed E-state index contributed by atoms with van der Waals surface area (Å²) in [7, 11) is 0. The minimum Gasteiger partial charge on any atom is -0.303 e. The van der Waals surface area contributed by atoms with Gasteiger partial charge in [-0.2, -0.15) is 5.10 Å². The molecule has 0 aliphatic rings. The lowest BCUT2D eigenvalue weighted by Crippen LogP contribution is -2.29. The van der Waals surface area contributed by atoms with Crippen molar-refractivity contribution in [1.82, 2.24) is 20.1 Å². The van der Waals surface area contributed by atoms with Crippen LogP contribution in [-0.2, 0) is 12.1 Å². The van der Waals surface area contributed by atoms with E-state index in [0.29, 0.717) is 17.1 Å². The van der Waals surface area contributed by atoms with E-state index in [-0.39, 0.29) is 16.6 Å². The summed E-state index contributed by atoms with van der Waals surface area (Å²) < 4.78 is 15.5. The smallest absolute Gasteiger partial charge is 0.142 e. The zero-order valence-corrected chi connectivity index (χ0v) is 14.5. The Labute approximate surface area is 139 Å². The maximum atomic E-state index is 13.6. The highest BCUT2D eigenvalue weighted by Crippen LogP contribution is 2.28. The summed E-state index contributed by atoms with van der Waals surface area (Å²) >= 11 is 11.9. The highest BCUT2D eigenvalue weighted by Gasteiger charge is 2.19. The van der Waals surface area contributed by atoms with Crippen molar-refractivity contribution in [3.63, 3.8) is 0 Å². The standard InChI is InChI=1S/C15H19Cl2FN4/c1-9(10-5-13(18)12(17)6-11(10)16)19-7-14-20-8-21-22(14)15(2,3)4/h5-6,8-9,19H,7H2,1-4H3/t9-/m1/s1. The van der Waals surface area contributed by atoms with Gasteiger partial charge in [0.05, 0.1) is 17.1 Å². The molecule has 1 N–H and O–H groups in total. The van der Waals surface area contributed by atoms with Crippen molar-refractivity contribution < 1.29 is 4.39 Å². The van der Waals surface area contributed by atoms with Crippen LogP contribution in [0.4, 0.5) is 4.39 Å². The van der Waals surface area contributed by atoms with E-state index in [0.717, 1.165) is 5.82 Å². The summed E-state index contributed by atoms with van der Waals surface area (Å²) in [4.78, 5) is 4.26. The molecule has 7 heteroatoms. The minimum atomic E-state index is -0.479. The van der Waals surface area contributed by atoms with Crippen molar-refractivity contribution in [3.05, 3.63) is 45.7 Å². The van der Waals surface area contributed by atoms with Crippen molar-refractivity contribution in [2.24, 2.45) is 0 Å². The van der Waals surface area contributed by atoms with E-state index in [9.17, 15) is 4.39 Å². The summed E-state index contributed by atoms with van der Waals surface area (Å²) in [6.45, 7) is 8.57. The molecule has 4 nitrogen and oxygen atoms in total. The lowest BCUT2D eigenvalue weighted by molar-refractivity contribution is 0.335. The molecule has 2 rings (SSSR count). The van der Waals surface area contributed by atoms with Gasteiger partial charge in [-0.25, -0.2) is 14.1 Å². The van der Waals surface area contributed by atoms with Crippen molar-refractivity contribution in [2.45, 2.75) is 45.8 Å². The average molecular weight is 345 g/mol. The third-order valence-electron chi connectivity index (χ3n) is 3.33. The second-order valence-electron chi connectivity index (χ2n) is 6.15. The Bertz CT molecular complexity index is 664. The van der Waals surface area contributed by atoms with E-state index >= 15 is 0 Å². The molecule has 1 heterocycles. The topological polar surface area (TPSA) is 42.7 Å². The summed E-state index contributed by atoms with van der Waals surface area (Å²) in [5.41, 5.74) is 0.506. The Morgan fingerprint density at radius 2 is 1.95 bits per heavy atom. The predicted molar refractivity (Wildman–Crippen MR) is 86.7 cm³/mol. The maximum Gasteiger partial charge on any atom is 0.142 e. The van der Waals surface area contributed by atoms with Gasteiger partial charge in [0, 0.05) is 11.1 Å². The van der Waals surface area contributed by atoms with Gasteiger partial charge in [-0.15, -0.1) is 0 Å². The zero-order valence-electron chi connectivity index (χ0n) is 13.0. The second-order valence-corrected chi connectivity index (χ2v) is 6.96. The fourth-order valence-corrected chi connectivity index (χ4v) is 2.72. The normalized spacial score (nSPS) is 13.4. The fourth-order valence-electron chi connectivity index (χ4n) is 2.17. The number of nitrogens with zero attached hydrogens (tertiary/aromatic N) is 3. The first-order chi connectivity index (χ1) is 10.2. The predicted octanol–water partition coefficient (Wildman–Crippen LogP) is 4.33. The van der Waals surface area contributed by atoms with Gasteiger partial charge in [-0.05, 0) is 45.4 Å². The van der Waals surface area contributed by atoms with Gasteiger partial charge in [0.1, 0.15) is 18.0 Å². The molecule has 120 valence electrons. The minimum absolute atomic E-state index is 0.0217. The molecule has 22 heavy (non-hydrogen) atoms. The van der Waals surface area contributed by atoms with Crippen LogP contribution in [0.3, 0.4) is 0 Å². The zero-order chi connectivity index (χ0) is 16.5. The largest absolute Gasteiger partial charge is 0.303 e. The summed E-state index contributed by atoms with van der Waals surface area (Å²) in [6.07, 6.45) is 1.53. The van der Waals surface area contributed by atoms with Crippen LogP contribution in [0.2, 0.25) is 10.0 Å². The van der Waals surface area contributed by atoms with Crippen molar-refractivity contribution in [3.8, 4) is 0 Å². The lowest BCUT2D eigenvalue weighted by Gasteiger charge is -2.22. The molecule has 0 aliphatic carbocycles. The molecule has 1 aromatic carbocycles. The first-order valence-corrected chi connectivity index (χ1v) is 7.73. The average Bonchev–Trinajstić information content (AvgIpc) is 2.88. The van der Waals surface area contributed by atoms with Crippen LogP contribution < -0.4 is 5.32 Å². The molecular formula is C15H19Cl2FN4. The van der Waals surface area contributed by atoms with Gasteiger partial charge >= 0.3 is 0 Å². The molecular weight excluding hydrogens is 326 g/mol. The second kappa shape index (κ2) is 6.52. The van der Waals surface area contributed by atoms with E-state index in [1.165, 1.54) is 18.5 Å². The third-order valence-corrected chi connectivity index (χ3v) is 3.94. The number of aromatic nitrogens is 3. The van der Waals surface area contributed by atoms with Crippen molar-refractivity contribution in [2.75, 3.05) is 0 Å². The van der Waals surface area contributed by atoms with Gasteiger partial charge in [-0.1, -0.05) is 23.2 Å². The fraction of sp³-hybridized carbons (Fsp3) is 0.467. The van der Waals surface area contributed by atoms with Gasteiger partial charge < -0.3 is 5.32 Å². The van der Waals surface area contributed by atoms with E-state index in [4.69, 9.17) is 23.2 Å². The summed E-state index contributed by atoms with van der Waals surface area (Å²) in [5, 5.41) is 7.98.